The van der Waals surface area contributed by atoms with Gasteiger partial charge in [0.2, 0.25) is 0 Å². The van der Waals surface area contributed by atoms with Crippen LogP contribution in [0.4, 0.5) is 0 Å². The predicted molar refractivity (Wildman–Crippen MR) is 61.3 cm³/mol. The van der Waals surface area contributed by atoms with Crippen molar-refractivity contribution in [1.29, 1.82) is 0 Å². The summed E-state index contributed by atoms with van der Waals surface area (Å²) in [7, 11) is 0. The standard InChI is InChI=1S/C13H15NO/c1-2-3-4-5-13(15)12-8-6-11(10-14)7-9-12/h1,6-9H,3-5,10,14H2. The minimum atomic E-state index is 0.147. The molecule has 0 aliphatic carbocycles. The van der Waals surface area contributed by atoms with Crippen LogP contribution in [0.15, 0.2) is 24.3 Å². The first-order chi connectivity index (χ1) is 7.27. The van der Waals surface area contributed by atoms with Crippen LogP contribution >= 0.6 is 0 Å². The Morgan fingerprint density at radius 1 is 1.33 bits per heavy atom. The molecule has 0 saturated heterocycles. The summed E-state index contributed by atoms with van der Waals surface area (Å²) in [4.78, 5) is 11.6. The van der Waals surface area contributed by atoms with E-state index in [-0.39, 0.29) is 5.78 Å². The molecule has 0 amide bonds. The summed E-state index contributed by atoms with van der Waals surface area (Å²) in [5.74, 6) is 2.67. The first-order valence-electron chi connectivity index (χ1n) is 5.03. The first-order valence-corrected chi connectivity index (χ1v) is 5.03. The largest absolute Gasteiger partial charge is 0.326 e. The van der Waals surface area contributed by atoms with Crippen molar-refractivity contribution >= 4 is 5.78 Å². The molecule has 0 fully saturated rings. The monoisotopic (exact) mass is 201 g/mol. The van der Waals surface area contributed by atoms with Crippen molar-refractivity contribution in [2.45, 2.75) is 25.8 Å². The highest BCUT2D eigenvalue weighted by molar-refractivity contribution is 5.96. The zero-order chi connectivity index (χ0) is 11.1. The minimum absolute atomic E-state index is 0.147. The Morgan fingerprint density at radius 3 is 2.53 bits per heavy atom. The molecule has 1 aromatic carbocycles. The predicted octanol–water partition coefficient (Wildman–Crippen LogP) is 2.13. The Hall–Kier alpha value is -1.59. The molecular weight excluding hydrogens is 186 g/mol. The fourth-order valence-corrected chi connectivity index (χ4v) is 1.32. The number of hydrogen-bond acceptors (Lipinski definition) is 2. The Bertz CT molecular complexity index is 359. The number of benzene rings is 1. The third kappa shape index (κ3) is 3.57. The smallest absolute Gasteiger partial charge is 0.162 e. The van der Waals surface area contributed by atoms with Crippen molar-refractivity contribution in [2.24, 2.45) is 5.73 Å². The fraction of sp³-hybridized carbons (Fsp3) is 0.308. The quantitative estimate of drug-likeness (QED) is 0.450. The minimum Gasteiger partial charge on any atom is -0.326 e. The van der Waals surface area contributed by atoms with Crippen molar-refractivity contribution in [2.75, 3.05) is 0 Å². The van der Waals surface area contributed by atoms with Crippen LogP contribution in [0.1, 0.15) is 35.2 Å². The van der Waals surface area contributed by atoms with Crippen molar-refractivity contribution in [1.82, 2.24) is 0 Å². The maximum absolute atomic E-state index is 11.6. The molecule has 0 atom stereocenters. The normalized spacial score (nSPS) is 9.60. The summed E-state index contributed by atoms with van der Waals surface area (Å²) in [5, 5.41) is 0. The van der Waals surface area contributed by atoms with Gasteiger partial charge in [-0.25, -0.2) is 0 Å². The van der Waals surface area contributed by atoms with E-state index >= 15 is 0 Å². The van der Waals surface area contributed by atoms with Gasteiger partial charge in [-0.1, -0.05) is 24.3 Å². The van der Waals surface area contributed by atoms with Gasteiger partial charge in [-0.15, -0.1) is 12.3 Å². The third-order valence-electron chi connectivity index (χ3n) is 2.24. The second-order valence-corrected chi connectivity index (χ2v) is 3.38. The lowest BCUT2D eigenvalue weighted by Crippen LogP contribution is -2.00. The van der Waals surface area contributed by atoms with E-state index in [1.165, 1.54) is 0 Å². The lowest BCUT2D eigenvalue weighted by atomic mass is 10.0. The topological polar surface area (TPSA) is 43.1 Å². The zero-order valence-corrected chi connectivity index (χ0v) is 8.70. The van der Waals surface area contributed by atoms with Gasteiger partial charge in [-0.3, -0.25) is 4.79 Å². The number of rotatable bonds is 5. The van der Waals surface area contributed by atoms with Gasteiger partial charge in [0.15, 0.2) is 5.78 Å². The van der Waals surface area contributed by atoms with E-state index < -0.39 is 0 Å². The summed E-state index contributed by atoms with van der Waals surface area (Å²) in [6.07, 6.45) is 7.05. The number of carbonyl (C=O) groups excluding carboxylic acids is 1. The number of Topliss-reactive ketones (excluding diaryl/α,β-unsaturated/α-hetero) is 1. The number of unbranched alkanes of at least 4 members (excludes halogenated alkanes) is 1. The maximum atomic E-state index is 11.6. The van der Waals surface area contributed by atoms with Crippen LogP contribution in [-0.2, 0) is 6.54 Å². The Labute approximate surface area is 90.5 Å². The molecule has 78 valence electrons. The van der Waals surface area contributed by atoms with E-state index in [2.05, 4.69) is 5.92 Å². The Balaban J connectivity index is 2.55. The highest BCUT2D eigenvalue weighted by Gasteiger charge is 2.04. The van der Waals surface area contributed by atoms with Crippen molar-refractivity contribution in [3.63, 3.8) is 0 Å². The van der Waals surface area contributed by atoms with Crippen LogP contribution in [0.5, 0.6) is 0 Å². The number of carbonyl (C=O) groups is 1. The van der Waals surface area contributed by atoms with Crippen molar-refractivity contribution in [3.05, 3.63) is 35.4 Å². The summed E-state index contributed by atoms with van der Waals surface area (Å²) < 4.78 is 0. The molecule has 0 saturated carbocycles. The lowest BCUT2D eigenvalue weighted by molar-refractivity contribution is 0.0980. The van der Waals surface area contributed by atoms with Gasteiger partial charge in [-0.2, -0.15) is 0 Å². The summed E-state index contributed by atoms with van der Waals surface area (Å²) in [6.45, 7) is 0.506. The SMILES string of the molecule is C#CCCCC(=O)c1ccc(CN)cc1. The molecule has 0 unspecified atom stereocenters. The van der Waals surface area contributed by atoms with Crippen LogP contribution in [0.25, 0.3) is 0 Å². The highest BCUT2D eigenvalue weighted by Crippen LogP contribution is 2.08. The van der Waals surface area contributed by atoms with Gasteiger partial charge >= 0.3 is 0 Å². The summed E-state index contributed by atoms with van der Waals surface area (Å²) in [6, 6.07) is 7.41. The number of terminal acetylenes is 1. The van der Waals surface area contributed by atoms with E-state index in [9.17, 15) is 4.79 Å². The van der Waals surface area contributed by atoms with Crippen LogP contribution in [0.3, 0.4) is 0 Å². The molecule has 0 aliphatic rings. The molecule has 0 aromatic heterocycles. The number of nitrogens with two attached hydrogens (primary N) is 1. The van der Waals surface area contributed by atoms with Gasteiger partial charge in [0, 0.05) is 24.9 Å². The fourth-order valence-electron chi connectivity index (χ4n) is 1.32. The Kier molecular flexibility index (Phi) is 4.59. The summed E-state index contributed by atoms with van der Waals surface area (Å²) in [5.41, 5.74) is 7.24. The molecule has 0 spiro atoms. The molecule has 0 heterocycles. The molecule has 2 heteroatoms. The van der Waals surface area contributed by atoms with Gasteiger partial charge in [0.25, 0.3) is 0 Å². The van der Waals surface area contributed by atoms with Crippen LogP contribution < -0.4 is 5.73 Å². The molecule has 0 aliphatic heterocycles. The van der Waals surface area contributed by atoms with Crippen LogP contribution in [0, 0.1) is 12.3 Å². The molecule has 15 heavy (non-hydrogen) atoms. The molecule has 1 aromatic rings. The van der Waals surface area contributed by atoms with E-state index in [4.69, 9.17) is 12.2 Å². The van der Waals surface area contributed by atoms with E-state index in [0.717, 1.165) is 17.5 Å². The van der Waals surface area contributed by atoms with Crippen molar-refractivity contribution in [3.8, 4) is 12.3 Å². The van der Waals surface area contributed by atoms with Gasteiger partial charge in [0.05, 0.1) is 0 Å². The summed E-state index contributed by atoms with van der Waals surface area (Å²) >= 11 is 0. The average molecular weight is 201 g/mol. The second kappa shape index (κ2) is 6.00. The van der Waals surface area contributed by atoms with E-state index in [1.807, 2.05) is 24.3 Å². The molecule has 2 nitrogen and oxygen atoms in total. The van der Waals surface area contributed by atoms with E-state index in [1.54, 1.807) is 0 Å². The highest BCUT2D eigenvalue weighted by atomic mass is 16.1. The van der Waals surface area contributed by atoms with Gasteiger partial charge < -0.3 is 5.73 Å². The van der Waals surface area contributed by atoms with E-state index in [0.29, 0.717) is 19.4 Å². The molecule has 1 rings (SSSR count). The van der Waals surface area contributed by atoms with Gasteiger partial charge in [-0.05, 0) is 12.0 Å². The van der Waals surface area contributed by atoms with Crippen LogP contribution in [0.2, 0.25) is 0 Å². The average Bonchev–Trinajstić information content (AvgIpc) is 2.29. The van der Waals surface area contributed by atoms with Gasteiger partial charge in [0.1, 0.15) is 0 Å². The molecular formula is C13H15NO. The zero-order valence-electron chi connectivity index (χ0n) is 8.70. The molecule has 2 N–H and O–H groups in total. The third-order valence-corrected chi connectivity index (χ3v) is 2.24. The lowest BCUT2D eigenvalue weighted by Gasteiger charge is -2.01. The first kappa shape index (κ1) is 11.5. The van der Waals surface area contributed by atoms with Crippen LogP contribution in [-0.4, -0.2) is 5.78 Å². The second-order valence-electron chi connectivity index (χ2n) is 3.38. The van der Waals surface area contributed by atoms with Crippen molar-refractivity contribution < 1.29 is 4.79 Å². The molecule has 0 bridgehead atoms. The maximum Gasteiger partial charge on any atom is 0.162 e. The number of hydrogen-bond donors (Lipinski definition) is 1. The number of ketones is 1. The Morgan fingerprint density at radius 2 is 2.00 bits per heavy atom. The molecule has 0 radical (unpaired) electrons.